The first-order valence-electron chi connectivity index (χ1n) is 7.19. The first kappa shape index (κ1) is 12.4. The van der Waals surface area contributed by atoms with Gasteiger partial charge in [-0.15, -0.1) is 0 Å². The van der Waals surface area contributed by atoms with Crippen LogP contribution in [-0.4, -0.2) is 20.9 Å². The first-order chi connectivity index (χ1) is 9.49. The summed E-state index contributed by atoms with van der Waals surface area (Å²) in [6, 6.07) is 0. The van der Waals surface area contributed by atoms with E-state index in [-0.39, 0.29) is 11.8 Å². The number of alkyl halides is 3. The second kappa shape index (κ2) is 4.09. The van der Waals surface area contributed by atoms with Gasteiger partial charge in [0.15, 0.2) is 5.82 Å². The Morgan fingerprint density at radius 2 is 2.00 bits per heavy atom. The molecule has 2 fully saturated rings. The Bertz CT molecular complexity index is 557. The number of hydrogen-bond acceptors (Lipinski definition) is 2. The average Bonchev–Trinajstić information content (AvgIpc) is 2.82. The minimum atomic E-state index is -4.24. The molecule has 0 unspecified atom stereocenters. The van der Waals surface area contributed by atoms with Crippen molar-refractivity contribution in [3.63, 3.8) is 0 Å². The quantitative estimate of drug-likeness (QED) is 0.796. The number of fused-ring (bicyclic) bond motifs is 2. The Morgan fingerprint density at radius 3 is 2.55 bits per heavy atom. The molecule has 6 heteroatoms. The highest BCUT2D eigenvalue weighted by Gasteiger charge is 2.42. The Balaban J connectivity index is 1.67. The third-order valence-corrected chi connectivity index (χ3v) is 4.60. The third-order valence-electron chi connectivity index (χ3n) is 4.60. The van der Waals surface area contributed by atoms with Crippen LogP contribution in [0.25, 0.3) is 0 Å². The number of allylic oxidation sites excluding steroid dienone is 2. The first-order valence-corrected chi connectivity index (χ1v) is 7.19. The van der Waals surface area contributed by atoms with E-state index in [2.05, 4.69) is 22.2 Å². The standard InChI is InChI=1S/C14H16F3N3/c15-14(16,17)7-20-13(18-12(19-20)9-3-4-9)11-6-8-1-2-10(11)5-8/h1-2,8-11H,3-7H2/t8-,10+,11-/m0/s1. The van der Waals surface area contributed by atoms with Gasteiger partial charge < -0.3 is 0 Å². The lowest BCUT2D eigenvalue weighted by atomic mass is 9.93. The Labute approximate surface area is 114 Å². The van der Waals surface area contributed by atoms with Crippen LogP contribution in [0.4, 0.5) is 13.2 Å². The zero-order valence-electron chi connectivity index (χ0n) is 11.0. The average molecular weight is 283 g/mol. The summed E-state index contributed by atoms with van der Waals surface area (Å²) < 4.78 is 39.3. The summed E-state index contributed by atoms with van der Waals surface area (Å²) in [7, 11) is 0. The molecule has 3 aliphatic carbocycles. The van der Waals surface area contributed by atoms with Crippen LogP contribution in [0.3, 0.4) is 0 Å². The zero-order chi connectivity index (χ0) is 13.9. The van der Waals surface area contributed by atoms with Crippen molar-refractivity contribution >= 4 is 0 Å². The van der Waals surface area contributed by atoms with E-state index in [0.29, 0.717) is 23.5 Å². The largest absolute Gasteiger partial charge is 0.408 e. The molecule has 0 amide bonds. The van der Waals surface area contributed by atoms with Crippen LogP contribution in [0.15, 0.2) is 12.2 Å². The Hall–Kier alpha value is -1.33. The van der Waals surface area contributed by atoms with E-state index < -0.39 is 12.7 Å². The molecule has 0 radical (unpaired) electrons. The minimum Gasteiger partial charge on any atom is -0.240 e. The van der Waals surface area contributed by atoms with Crippen molar-refractivity contribution in [1.82, 2.24) is 14.8 Å². The van der Waals surface area contributed by atoms with Crippen LogP contribution in [0.5, 0.6) is 0 Å². The SMILES string of the molecule is FC(F)(F)Cn1nc(C2CC2)nc1[C@H]1C[C@H]2C=C[C@@H]1C2. The molecule has 1 aromatic rings. The van der Waals surface area contributed by atoms with Crippen molar-refractivity contribution in [2.45, 2.75) is 50.2 Å². The van der Waals surface area contributed by atoms with Gasteiger partial charge in [-0.1, -0.05) is 12.2 Å². The fraction of sp³-hybridized carbons (Fsp3) is 0.714. The van der Waals surface area contributed by atoms with E-state index in [9.17, 15) is 13.2 Å². The summed E-state index contributed by atoms with van der Waals surface area (Å²) in [5.41, 5.74) is 0. The number of aromatic nitrogens is 3. The van der Waals surface area contributed by atoms with Crippen LogP contribution in [0.2, 0.25) is 0 Å². The number of halogens is 3. The Morgan fingerprint density at radius 1 is 1.20 bits per heavy atom. The summed E-state index contributed by atoms with van der Waals surface area (Å²) in [5.74, 6) is 2.45. The molecular formula is C14H16F3N3. The third kappa shape index (κ3) is 2.15. The molecule has 1 heterocycles. The number of rotatable bonds is 3. The highest BCUT2D eigenvalue weighted by Crippen LogP contribution is 2.49. The number of hydrogen-bond donors (Lipinski definition) is 0. The molecule has 0 N–H and O–H groups in total. The van der Waals surface area contributed by atoms with E-state index in [1.807, 2.05) is 0 Å². The molecule has 1 aromatic heterocycles. The summed E-state index contributed by atoms with van der Waals surface area (Å²) in [5, 5.41) is 4.15. The normalized spacial score (nSPS) is 32.2. The molecule has 3 aliphatic rings. The summed E-state index contributed by atoms with van der Waals surface area (Å²) in [6.07, 6.45) is 4.08. The Kier molecular flexibility index (Phi) is 2.54. The summed E-state index contributed by atoms with van der Waals surface area (Å²) in [4.78, 5) is 4.48. The van der Waals surface area contributed by atoms with Crippen LogP contribution in [0.1, 0.15) is 49.2 Å². The lowest BCUT2D eigenvalue weighted by Crippen LogP contribution is -2.23. The van der Waals surface area contributed by atoms with Crippen molar-refractivity contribution < 1.29 is 13.2 Å². The van der Waals surface area contributed by atoms with Crippen molar-refractivity contribution in [2.75, 3.05) is 0 Å². The van der Waals surface area contributed by atoms with Gasteiger partial charge in [0, 0.05) is 11.8 Å². The van der Waals surface area contributed by atoms with Gasteiger partial charge in [-0.2, -0.15) is 18.3 Å². The monoisotopic (exact) mass is 283 g/mol. The van der Waals surface area contributed by atoms with Crippen LogP contribution >= 0.6 is 0 Å². The molecule has 2 bridgehead atoms. The molecule has 2 saturated carbocycles. The maximum Gasteiger partial charge on any atom is 0.408 e. The highest BCUT2D eigenvalue weighted by atomic mass is 19.4. The molecule has 3 atom stereocenters. The molecule has 0 aromatic carbocycles. The molecular weight excluding hydrogens is 267 g/mol. The van der Waals surface area contributed by atoms with Crippen LogP contribution in [-0.2, 0) is 6.54 Å². The van der Waals surface area contributed by atoms with E-state index in [1.54, 1.807) is 0 Å². The zero-order valence-corrected chi connectivity index (χ0v) is 11.0. The van der Waals surface area contributed by atoms with Gasteiger partial charge in [0.25, 0.3) is 0 Å². The second-order valence-electron chi connectivity index (χ2n) is 6.26. The maximum absolute atomic E-state index is 12.7. The number of nitrogens with zero attached hydrogens (tertiary/aromatic N) is 3. The maximum atomic E-state index is 12.7. The van der Waals surface area contributed by atoms with E-state index >= 15 is 0 Å². The predicted octanol–water partition coefficient (Wildman–Crippen LogP) is 3.40. The molecule has 0 aliphatic heterocycles. The summed E-state index contributed by atoms with van der Waals surface area (Å²) in [6.45, 7) is -1.01. The van der Waals surface area contributed by atoms with E-state index in [0.717, 1.165) is 30.4 Å². The van der Waals surface area contributed by atoms with Gasteiger partial charge in [-0.05, 0) is 37.5 Å². The lowest BCUT2D eigenvalue weighted by molar-refractivity contribution is -0.143. The topological polar surface area (TPSA) is 30.7 Å². The fourth-order valence-electron chi connectivity index (χ4n) is 3.52. The highest BCUT2D eigenvalue weighted by molar-refractivity contribution is 5.20. The fourth-order valence-corrected chi connectivity index (χ4v) is 3.52. The van der Waals surface area contributed by atoms with Gasteiger partial charge in [0.05, 0.1) is 0 Å². The molecule has 108 valence electrons. The van der Waals surface area contributed by atoms with Crippen LogP contribution < -0.4 is 0 Å². The van der Waals surface area contributed by atoms with Crippen molar-refractivity contribution in [3.05, 3.63) is 23.8 Å². The molecule has 4 rings (SSSR count). The van der Waals surface area contributed by atoms with Crippen molar-refractivity contribution in [3.8, 4) is 0 Å². The lowest BCUT2D eigenvalue weighted by Gasteiger charge is -2.18. The molecule has 3 nitrogen and oxygen atoms in total. The van der Waals surface area contributed by atoms with Gasteiger partial charge >= 0.3 is 6.18 Å². The van der Waals surface area contributed by atoms with E-state index in [1.165, 1.54) is 0 Å². The van der Waals surface area contributed by atoms with Gasteiger partial charge in [-0.25, -0.2) is 9.67 Å². The summed E-state index contributed by atoms with van der Waals surface area (Å²) >= 11 is 0. The predicted molar refractivity (Wildman–Crippen MR) is 66.1 cm³/mol. The van der Waals surface area contributed by atoms with E-state index in [4.69, 9.17) is 0 Å². The van der Waals surface area contributed by atoms with Gasteiger partial charge in [0.2, 0.25) is 0 Å². The molecule has 0 saturated heterocycles. The molecule has 0 spiro atoms. The van der Waals surface area contributed by atoms with Crippen molar-refractivity contribution in [1.29, 1.82) is 0 Å². The minimum absolute atomic E-state index is 0.118. The smallest absolute Gasteiger partial charge is 0.240 e. The van der Waals surface area contributed by atoms with Gasteiger partial charge in [0.1, 0.15) is 12.4 Å². The molecule has 20 heavy (non-hydrogen) atoms. The van der Waals surface area contributed by atoms with Gasteiger partial charge in [-0.3, -0.25) is 0 Å². The second-order valence-corrected chi connectivity index (χ2v) is 6.26. The van der Waals surface area contributed by atoms with Crippen molar-refractivity contribution in [2.24, 2.45) is 11.8 Å². The van der Waals surface area contributed by atoms with Crippen LogP contribution in [0, 0.1) is 11.8 Å².